The van der Waals surface area contributed by atoms with E-state index < -0.39 is 0 Å². The van der Waals surface area contributed by atoms with Crippen LogP contribution in [-0.2, 0) is 11.2 Å². The third-order valence-corrected chi connectivity index (χ3v) is 6.13. The van der Waals surface area contributed by atoms with Gasteiger partial charge in [0, 0.05) is 36.1 Å². The van der Waals surface area contributed by atoms with E-state index in [-0.39, 0.29) is 18.0 Å². The van der Waals surface area contributed by atoms with Gasteiger partial charge in [-0.25, -0.2) is 0 Å². The molecule has 2 atom stereocenters. The normalized spacial score (nSPS) is 17.3. The van der Waals surface area contributed by atoms with Crippen molar-refractivity contribution in [2.45, 2.75) is 18.5 Å². The Labute approximate surface area is 166 Å². The Bertz CT molecular complexity index is 914. The van der Waals surface area contributed by atoms with Crippen molar-refractivity contribution in [2.24, 2.45) is 4.99 Å². The largest absolute Gasteiger partial charge is 0.347 e. The van der Waals surface area contributed by atoms with Crippen molar-refractivity contribution in [3.05, 3.63) is 82.6 Å². The molecule has 136 valence electrons. The van der Waals surface area contributed by atoms with Gasteiger partial charge in [-0.1, -0.05) is 6.07 Å². The Morgan fingerprint density at radius 2 is 2.07 bits per heavy atom. The van der Waals surface area contributed by atoms with E-state index in [9.17, 15) is 4.79 Å². The molecule has 1 aliphatic rings. The molecule has 4 rings (SSSR count). The minimum atomic E-state index is -0.375. The van der Waals surface area contributed by atoms with Crippen LogP contribution in [0.5, 0.6) is 0 Å². The molecule has 0 spiro atoms. The molecular weight excluding hydrogens is 376 g/mol. The maximum atomic E-state index is 12.9. The summed E-state index contributed by atoms with van der Waals surface area (Å²) in [5.41, 5.74) is 3.21. The van der Waals surface area contributed by atoms with Gasteiger partial charge in [-0.05, 0) is 52.6 Å². The highest BCUT2D eigenvalue weighted by atomic mass is 32.2. The van der Waals surface area contributed by atoms with Crippen molar-refractivity contribution >= 4 is 34.0 Å². The molecule has 3 aromatic heterocycles. The second-order valence-corrected chi connectivity index (χ2v) is 7.97. The summed E-state index contributed by atoms with van der Waals surface area (Å²) in [5.74, 6) is 0.609. The van der Waals surface area contributed by atoms with Gasteiger partial charge in [-0.3, -0.25) is 19.8 Å². The van der Waals surface area contributed by atoms with Gasteiger partial charge in [0.2, 0.25) is 5.91 Å². The molecule has 0 aromatic carbocycles. The highest BCUT2D eigenvalue weighted by Crippen LogP contribution is 2.25. The summed E-state index contributed by atoms with van der Waals surface area (Å²) in [4.78, 5) is 25.7. The predicted octanol–water partition coefficient (Wildman–Crippen LogP) is 3.50. The summed E-state index contributed by atoms with van der Waals surface area (Å²) in [5, 5.41) is 8.24. The van der Waals surface area contributed by atoms with Crippen LogP contribution in [0.25, 0.3) is 0 Å². The van der Waals surface area contributed by atoms with Crippen molar-refractivity contribution in [1.29, 1.82) is 0 Å². The molecule has 0 fully saturated rings. The third-order valence-electron chi connectivity index (χ3n) is 4.30. The van der Waals surface area contributed by atoms with Gasteiger partial charge >= 0.3 is 0 Å². The smallest absolute Gasteiger partial charge is 0.246 e. The Morgan fingerprint density at radius 3 is 2.81 bits per heavy atom. The van der Waals surface area contributed by atoms with Crippen LogP contribution in [-0.4, -0.2) is 32.7 Å². The molecule has 27 heavy (non-hydrogen) atoms. The third kappa shape index (κ3) is 4.43. The number of hydrogen-bond donors (Lipinski definition) is 1. The van der Waals surface area contributed by atoms with Crippen LogP contribution in [0.2, 0.25) is 0 Å². The number of amides is 1. The van der Waals surface area contributed by atoms with Crippen molar-refractivity contribution in [3.8, 4) is 0 Å². The predicted molar refractivity (Wildman–Crippen MR) is 110 cm³/mol. The molecule has 5 nitrogen and oxygen atoms in total. The van der Waals surface area contributed by atoms with Gasteiger partial charge in [-0.2, -0.15) is 11.3 Å². The standard InChI is InChI=1S/C20H18N4OS2/c25-19(18-13-27-20(24-18)15-3-7-21-8-4-15)23-17(10-14-5-9-26-12-14)16-2-1-6-22-11-16/h1-9,11-12,17-18H,10,13H2,(H,23,25)/t17-,18-/m0/s1. The molecule has 1 amide bonds. The van der Waals surface area contributed by atoms with Crippen LogP contribution in [0, 0.1) is 0 Å². The van der Waals surface area contributed by atoms with Gasteiger partial charge < -0.3 is 5.32 Å². The average molecular weight is 395 g/mol. The molecule has 1 aliphatic heterocycles. The Morgan fingerprint density at radius 1 is 1.19 bits per heavy atom. The molecule has 7 heteroatoms. The molecule has 0 radical (unpaired) electrons. The lowest BCUT2D eigenvalue weighted by Gasteiger charge is -2.20. The Balaban J connectivity index is 1.49. The fraction of sp³-hybridized carbons (Fsp3) is 0.200. The number of aromatic nitrogens is 2. The number of carbonyl (C=O) groups excluding carboxylic acids is 1. The highest BCUT2D eigenvalue weighted by molar-refractivity contribution is 8.14. The molecular formula is C20H18N4OS2. The number of aliphatic imine (C=N–C) groups is 1. The minimum Gasteiger partial charge on any atom is -0.347 e. The lowest BCUT2D eigenvalue weighted by atomic mass is 10.0. The van der Waals surface area contributed by atoms with E-state index in [0.29, 0.717) is 5.75 Å². The van der Waals surface area contributed by atoms with E-state index in [2.05, 4.69) is 37.1 Å². The minimum absolute atomic E-state index is 0.0457. The Kier molecular flexibility index (Phi) is 5.60. The van der Waals surface area contributed by atoms with E-state index in [4.69, 9.17) is 0 Å². The van der Waals surface area contributed by atoms with E-state index in [1.165, 1.54) is 5.56 Å². The van der Waals surface area contributed by atoms with Crippen molar-refractivity contribution < 1.29 is 4.79 Å². The second-order valence-electron chi connectivity index (χ2n) is 6.18. The molecule has 4 heterocycles. The topological polar surface area (TPSA) is 67.2 Å². The first kappa shape index (κ1) is 17.9. The van der Waals surface area contributed by atoms with Crippen molar-refractivity contribution in [1.82, 2.24) is 15.3 Å². The van der Waals surface area contributed by atoms with Crippen LogP contribution in [0.1, 0.15) is 22.7 Å². The number of rotatable bonds is 6. The molecule has 0 saturated carbocycles. The molecule has 0 aliphatic carbocycles. The van der Waals surface area contributed by atoms with Crippen molar-refractivity contribution in [2.75, 3.05) is 5.75 Å². The zero-order chi connectivity index (χ0) is 18.5. The van der Waals surface area contributed by atoms with E-state index in [0.717, 1.165) is 22.6 Å². The van der Waals surface area contributed by atoms with Gasteiger partial charge in [0.05, 0.1) is 11.1 Å². The summed E-state index contributed by atoms with van der Waals surface area (Å²) >= 11 is 3.27. The van der Waals surface area contributed by atoms with Crippen molar-refractivity contribution in [3.63, 3.8) is 0 Å². The van der Waals surface area contributed by atoms with E-state index in [1.54, 1.807) is 41.7 Å². The maximum Gasteiger partial charge on any atom is 0.246 e. The van der Waals surface area contributed by atoms with Crippen LogP contribution < -0.4 is 5.32 Å². The van der Waals surface area contributed by atoms with Crippen LogP contribution in [0.4, 0.5) is 0 Å². The number of carbonyl (C=O) groups is 1. The fourth-order valence-corrected chi connectivity index (χ4v) is 4.64. The summed E-state index contributed by atoms with van der Waals surface area (Å²) in [6, 6.07) is 9.32. The van der Waals surface area contributed by atoms with Crippen LogP contribution >= 0.6 is 23.1 Å². The lowest BCUT2D eigenvalue weighted by Crippen LogP contribution is -2.37. The first-order valence-corrected chi connectivity index (χ1v) is 10.5. The number of thioether (sulfide) groups is 1. The summed E-state index contributed by atoms with van der Waals surface area (Å²) in [6.45, 7) is 0. The zero-order valence-corrected chi connectivity index (χ0v) is 16.1. The number of hydrogen-bond acceptors (Lipinski definition) is 6. The summed E-state index contributed by atoms with van der Waals surface area (Å²) < 4.78 is 0. The fourth-order valence-electron chi connectivity index (χ4n) is 2.91. The molecule has 0 unspecified atom stereocenters. The van der Waals surface area contributed by atoms with Gasteiger partial charge in [-0.15, -0.1) is 11.8 Å². The van der Waals surface area contributed by atoms with E-state index >= 15 is 0 Å². The first-order valence-electron chi connectivity index (χ1n) is 8.62. The lowest BCUT2D eigenvalue weighted by molar-refractivity contribution is -0.122. The van der Waals surface area contributed by atoms with Gasteiger partial charge in [0.25, 0.3) is 0 Å². The maximum absolute atomic E-state index is 12.9. The summed E-state index contributed by atoms with van der Waals surface area (Å²) in [7, 11) is 0. The van der Waals surface area contributed by atoms with Gasteiger partial charge in [0.15, 0.2) is 0 Å². The quantitative estimate of drug-likeness (QED) is 0.695. The zero-order valence-electron chi connectivity index (χ0n) is 14.5. The first-order chi connectivity index (χ1) is 13.3. The van der Waals surface area contributed by atoms with Crippen LogP contribution in [0.3, 0.4) is 0 Å². The molecule has 0 bridgehead atoms. The molecule has 3 aromatic rings. The number of thiophene rings is 1. The number of pyridine rings is 2. The number of nitrogens with zero attached hydrogens (tertiary/aromatic N) is 3. The average Bonchev–Trinajstić information content (AvgIpc) is 3.41. The van der Waals surface area contributed by atoms with E-state index in [1.807, 2.05) is 30.5 Å². The molecule has 1 N–H and O–H groups in total. The SMILES string of the molecule is O=C(N[C@@H](Cc1ccsc1)c1cccnc1)[C@@H]1CSC(c2ccncc2)=N1. The highest BCUT2D eigenvalue weighted by Gasteiger charge is 2.28. The second kappa shape index (κ2) is 8.45. The monoisotopic (exact) mass is 394 g/mol. The number of nitrogens with one attached hydrogen (secondary N) is 1. The summed E-state index contributed by atoms with van der Waals surface area (Å²) in [6.07, 6.45) is 7.77. The molecule has 0 saturated heterocycles. The Hall–Kier alpha value is -2.51. The van der Waals surface area contributed by atoms with Gasteiger partial charge in [0.1, 0.15) is 6.04 Å². The van der Waals surface area contributed by atoms with Crippen LogP contribution in [0.15, 0.2) is 70.9 Å².